The molecule has 0 radical (unpaired) electrons. The van der Waals surface area contributed by atoms with Crippen molar-refractivity contribution < 1.29 is 14.7 Å². The van der Waals surface area contributed by atoms with Crippen LogP contribution in [0, 0.1) is 36.5 Å². The summed E-state index contributed by atoms with van der Waals surface area (Å²) in [6.07, 6.45) is 3.08. The number of rotatable bonds is 2. The number of benzene rings is 1. The highest BCUT2D eigenvalue weighted by Crippen LogP contribution is 2.56. The molecule has 1 aromatic rings. The van der Waals surface area contributed by atoms with Gasteiger partial charge in [-0.1, -0.05) is 29.8 Å². The Morgan fingerprint density at radius 1 is 1.10 bits per heavy atom. The highest BCUT2D eigenvalue weighted by molar-refractivity contribution is 6.12. The minimum absolute atomic E-state index is 0.0534. The van der Waals surface area contributed by atoms with Gasteiger partial charge in [0.1, 0.15) is 11.6 Å². The number of aliphatic hydroxyl groups is 1. The molecule has 0 amide bonds. The maximum Gasteiger partial charge on any atom is 0.148 e. The van der Waals surface area contributed by atoms with Crippen LogP contribution >= 0.6 is 0 Å². The number of carbonyl (C=O) groups excluding carboxylic acids is 2. The summed E-state index contributed by atoms with van der Waals surface area (Å²) in [6.45, 7) is 2.02. The van der Waals surface area contributed by atoms with Gasteiger partial charge in [0.15, 0.2) is 0 Å². The summed E-state index contributed by atoms with van der Waals surface area (Å²) in [5.41, 5.74) is 2.21. The second kappa shape index (κ2) is 4.30. The van der Waals surface area contributed by atoms with Gasteiger partial charge in [0.05, 0.1) is 11.7 Å². The van der Waals surface area contributed by atoms with E-state index in [0.29, 0.717) is 12.2 Å². The third-order valence-electron chi connectivity index (χ3n) is 5.48. The smallest absolute Gasteiger partial charge is 0.148 e. The SMILES string of the molecule is Cc1ccc(CC2C(=O)C3C4C=C(O)C(C4)C3C2=O)cc1. The number of hydrogen-bond donors (Lipinski definition) is 1. The quantitative estimate of drug-likeness (QED) is 0.848. The third kappa shape index (κ3) is 1.73. The number of aryl methyl sites for hydroxylation is 1. The Morgan fingerprint density at radius 2 is 1.76 bits per heavy atom. The summed E-state index contributed by atoms with van der Waals surface area (Å²) in [5, 5.41) is 9.87. The van der Waals surface area contributed by atoms with Crippen LogP contribution in [0.15, 0.2) is 36.1 Å². The van der Waals surface area contributed by atoms with E-state index >= 15 is 0 Å². The Kier molecular flexibility index (Phi) is 2.62. The van der Waals surface area contributed by atoms with E-state index < -0.39 is 5.92 Å². The molecule has 108 valence electrons. The minimum atomic E-state index is -0.507. The van der Waals surface area contributed by atoms with Gasteiger partial charge >= 0.3 is 0 Å². The zero-order valence-electron chi connectivity index (χ0n) is 12.0. The molecule has 0 aromatic heterocycles. The molecule has 5 atom stereocenters. The first-order chi connectivity index (χ1) is 10.1. The van der Waals surface area contributed by atoms with Crippen molar-refractivity contribution in [3.05, 3.63) is 47.2 Å². The number of allylic oxidation sites excluding steroid dienone is 2. The Balaban J connectivity index is 1.60. The van der Waals surface area contributed by atoms with Crippen LogP contribution in [-0.2, 0) is 16.0 Å². The van der Waals surface area contributed by atoms with E-state index in [9.17, 15) is 14.7 Å². The molecular formula is C18H18O3. The van der Waals surface area contributed by atoms with Crippen LogP contribution in [-0.4, -0.2) is 16.7 Å². The van der Waals surface area contributed by atoms with Gasteiger partial charge in [0.2, 0.25) is 0 Å². The van der Waals surface area contributed by atoms with Crippen LogP contribution in [0.3, 0.4) is 0 Å². The topological polar surface area (TPSA) is 54.4 Å². The molecule has 0 aliphatic heterocycles. The fraction of sp³-hybridized carbons (Fsp3) is 0.444. The van der Waals surface area contributed by atoms with Crippen LogP contribution in [0.5, 0.6) is 0 Å². The normalized spacial score (nSPS) is 37.0. The first kappa shape index (κ1) is 12.8. The fourth-order valence-electron chi connectivity index (χ4n) is 4.45. The van der Waals surface area contributed by atoms with Gasteiger partial charge in [-0.2, -0.15) is 0 Å². The van der Waals surface area contributed by atoms with Crippen molar-refractivity contribution in [2.24, 2.45) is 29.6 Å². The van der Waals surface area contributed by atoms with E-state index in [0.717, 1.165) is 12.0 Å². The average molecular weight is 282 g/mol. The second-order valence-electron chi connectivity index (χ2n) is 6.70. The van der Waals surface area contributed by atoms with Crippen molar-refractivity contribution in [3.63, 3.8) is 0 Å². The number of ketones is 2. The number of Topliss-reactive ketones (excluding diaryl/α,β-unsaturated/α-hetero) is 2. The molecule has 1 N–H and O–H groups in total. The molecule has 1 aromatic carbocycles. The van der Waals surface area contributed by atoms with Crippen molar-refractivity contribution in [2.45, 2.75) is 19.8 Å². The Labute approximate surface area is 123 Å². The Morgan fingerprint density at radius 3 is 2.48 bits per heavy atom. The van der Waals surface area contributed by atoms with Crippen LogP contribution in [0.4, 0.5) is 0 Å². The lowest BCUT2D eigenvalue weighted by Crippen LogP contribution is -2.24. The van der Waals surface area contributed by atoms with E-state index in [2.05, 4.69) is 0 Å². The molecule has 3 aliphatic carbocycles. The molecule has 3 aliphatic rings. The van der Waals surface area contributed by atoms with Gasteiger partial charge in [-0.05, 0) is 37.3 Å². The number of hydrogen-bond acceptors (Lipinski definition) is 3. The highest BCUT2D eigenvalue weighted by atomic mass is 16.3. The molecule has 3 nitrogen and oxygen atoms in total. The molecule has 2 saturated carbocycles. The molecule has 21 heavy (non-hydrogen) atoms. The molecule has 2 fully saturated rings. The standard InChI is InChI=1S/C18H18O3/c1-9-2-4-10(5-3-9)6-13-17(20)15-11-7-12(14(19)8-11)16(15)18(13)21/h2-5,8,11-13,15-16,19H,6-7H2,1H3. The van der Waals surface area contributed by atoms with E-state index in [-0.39, 0.29) is 35.2 Å². The van der Waals surface area contributed by atoms with Crippen LogP contribution in [0.1, 0.15) is 17.5 Å². The summed E-state index contributed by atoms with van der Waals surface area (Å²) >= 11 is 0. The van der Waals surface area contributed by atoms with E-state index in [1.165, 1.54) is 5.56 Å². The lowest BCUT2D eigenvalue weighted by atomic mass is 9.84. The van der Waals surface area contributed by atoms with Crippen molar-refractivity contribution in [2.75, 3.05) is 0 Å². The van der Waals surface area contributed by atoms with Gasteiger partial charge in [0.25, 0.3) is 0 Å². The van der Waals surface area contributed by atoms with Crippen molar-refractivity contribution in [1.82, 2.24) is 0 Å². The predicted octanol–water partition coefficient (Wildman–Crippen LogP) is 2.63. The van der Waals surface area contributed by atoms with Gasteiger partial charge in [-0.15, -0.1) is 0 Å². The van der Waals surface area contributed by atoms with Gasteiger partial charge in [-0.3, -0.25) is 9.59 Å². The summed E-state index contributed by atoms with van der Waals surface area (Å²) < 4.78 is 0. The summed E-state index contributed by atoms with van der Waals surface area (Å²) in [4.78, 5) is 25.3. The fourth-order valence-corrected chi connectivity index (χ4v) is 4.45. The predicted molar refractivity (Wildman–Crippen MR) is 77.7 cm³/mol. The van der Waals surface area contributed by atoms with Gasteiger partial charge in [0, 0.05) is 17.8 Å². The third-order valence-corrected chi connectivity index (χ3v) is 5.48. The average Bonchev–Trinajstić information content (AvgIpc) is 3.08. The minimum Gasteiger partial charge on any atom is -0.512 e. The van der Waals surface area contributed by atoms with E-state index in [4.69, 9.17) is 0 Å². The lowest BCUT2D eigenvalue weighted by Gasteiger charge is -2.19. The van der Waals surface area contributed by atoms with Gasteiger partial charge < -0.3 is 5.11 Å². The molecule has 4 rings (SSSR count). The number of aliphatic hydroxyl groups excluding tert-OH is 1. The monoisotopic (exact) mass is 282 g/mol. The first-order valence-corrected chi connectivity index (χ1v) is 7.60. The van der Waals surface area contributed by atoms with Gasteiger partial charge in [-0.25, -0.2) is 0 Å². The maximum absolute atomic E-state index is 12.6. The summed E-state index contributed by atoms with van der Waals surface area (Å²) in [6, 6.07) is 8.01. The van der Waals surface area contributed by atoms with E-state index in [1.807, 2.05) is 31.2 Å². The summed E-state index contributed by atoms with van der Waals surface area (Å²) in [7, 11) is 0. The molecule has 0 spiro atoms. The lowest BCUT2D eigenvalue weighted by molar-refractivity contribution is -0.129. The molecular weight excluding hydrogens is 264 g/mol. The summed E-state index contributed by atoms with van der Waals surface area (Å²) in [5.74, 6) is -0.471. The number of carbonyl (C=O) groups is 2. The van der Waals surface area contributed by atoms with Crippen molar-refractivity contribution in [3.8, 4) is 0 Å². The highest BCUT2D eigenvalue weighted by Gasteiger charge is 2.61. The second-order valence-corrected chi connectivity index (χ2v) is 6.70. The maximum atomic E-state index is 12.6. The zero-order valence-corrected chi connectivity index (χ0v) is 12.0. The largest absolute Gasteiger partial charge is 0.512 e. The Hall–Kier alpha value is -1.90. The van der Waals surface area contributed by atoms with E-state index in [1.54, 1.807) is 6.08 Å². The van der Waals surface area contributed by atoms with Crippen LogP contribution in [0.2, 0.25) is 0 Å². The molecule has 2 bridgehead atoms. The first-order valence-electron chi connectivity index (χ1n) is 7.60. The van der Waals surface area contributed by atoms with Crippen molar-refractivity contribution in [1.29, 1.82) is 0 Å². The van der Waals surface area contributed by atoms with Crippen LogP contribution in [0.25, 0.3) is 0 Å². The molecule has 3 heteroatoms. The zero-order chi connectivity index (χ0) is 14.7. The molecule has 0 saturated heterocycles. The van der Waals surface area contributed by atoms with Crippen LogP contribution < -0.4 is 0 Å². The molecule has 5 unspecified atom stereocenters. The molecule has 0 heterocycles. The van der Waals surface area contributed by atoms with Crippen molar-refractivity contribution >= 4 is 11.6 Å². The Bertz CT molecular complexity index is 656. The number of fused-ring (bicyclic) bond motifs is 5.